The van der Waals surface area contributed by atoms with Gasteiger partial charge in [-0.25, -0.2) is 0 Å². The van der Waals surface area contributed by atoms with E-state index >= 15 is 0 Å². The van der Waals surface area contributed by atoms with Gasteiger partial charge in [-0.05, 0) is 30.2 Å². The number of anilines is 1. The van der Waals surface area contributed by atoms with Crippen LogP contribution in [0.5, 0.6) is 0 Å². The molecule has 5 heteroatoms. The summed E-state index contributed by atoms with van der Waals surface area (Å²) < 4.78 is 0. The van der Waals surface area contributed by atoms with Crippen LogP contribution in [0.25, 0.3) is 0 Å². The summed E-state index contributed by atoms with van der Waals surface area (Å²) in [6.07, 6.45) is 4.93. The molecule has 0 atom stereocenters. The average Bonchev–Trinajstić information content (AvgIpc) is 2.41. The van der Waals surface area contributed by atoms with Crippen molar-refractivity contribution in [2.45, 2.75) is 13.5 Å². The first-order valence-electron chi connectivity index (χ1n) is 5.57. The summed E-state index contributed by atoms with van der Waals surface area (Å²) in [5.74, 6) is -0.243. The third-order valence-corrected chi connectivity index (χ3v) is 2.56. The monoisotopic (exact) mass is 242 g/mol. The van der Waals surface area contributed by atoms with Gasteiger partial charge in [-0.15, -0.1) is 0 Å². The summed E-state index contributed by atoms with van der Waals surface area (Å²) in [6.45, 7) is 2.30. The molecule has 0 saturated carbocycles. The Morgan fingerprint density at radius 3 is 2.78 bits per heavy atom. The molecule has 0 fully saturated rings. The van der Waals surface area contributed by atoms with Gasteiger partial charge in [0.05, 0.1) is 0 Å². The van der Waals surface area contributed by atoms with E-state index in [0.29, 0.717) is 12.2 Å². The summed E-state index contributed by atoms with van der Waals surface area (Å²) in [5, 5.41) is 2.79. The quantitative estimate of drug-likeness (QED) is 0.854. The molecular formula is C13H14N4O. The van der Waals surface area contributed by atoms with E-state index in [1.807, 2.05) is 6.92 Å². The van der Waals surface area contributed by atoms with Crippen LogP contribution in [0.1, 0.15) is 21.6 Å². The van der Waals surface area contributed by atoms with Crippen LogP contribution in [-0.4, -0.2) is 15.9 Å². The van der Waals surface area contributed by atoms with Crippen molar-refractivity contribution in [1.82, 2.24) is 9.97 Å². The first-order chi connectivity index (χ1) is 8.70. The van der Waals surface area contributed by atoms with Crippen molar-refractivity contribution in [3.8, 4) is 0 Å². The maximum absolute atomic E-state index is 11.9. The Labute approximate surface area is 105 Å². The number of nitrogens with zero attached hydrogens (tertiary/aromatic N) is 2. The van der Waals surface area contributed by atoms with Crippen LogP contribution in [0.15, 0.2) is 36.8 Å². The van der Waals surface area contributed by atoms with Crippen LogP contribution in [0.2, 0.25) is 0 Å². The Morgan fingerprint density at radius 2 is 2.17 bits per heavy atom. The second kappa shape index (κ2) is 5.37. The second-order valence-corrected chi connectivity index (χ2v) is 3.90. The average molecular weight is 242 g/mol. The summed E-state index contributed by atoms with van der Waals surface area (Å²) in [5.41, 5.74) is 8.37. The van der Waals surface area contributed by atoms with Gasteiger partial charge < -0.3 is 11.1 Å². The Bertz CT molecular complexity index is 551. The van der Waals surface area contributed by atoms with Crippen LogP contribution in [0.4, 0.5) is 5.69 Å². The molecule has 2 aromatic rings. The fourth-order valence-corrected chi connectivity index (χ4v) is 1.48. The van der Waals surface area contributed by atoms with Gasteiger partial charge in [0.2, 0.25) is 0 Å². The van der Waals surface area contributed by atoms with Crippen molar-refractivity contribution in [3.05, 3.63) is 53.6 Å². The van der Waals surface area contributed by atoms with E-state index in [4.69, 9.17) is 5.73 Å². The number of aryl methyl sites for hydroxylation is 1. The van der Waals surface area contributed by atoms with Gasteiger partial charge >= 0.3 is 0 Å². The van der Waals surface area contributed by atoms with E-state index in [1.54, 1.807) is 36.8 Å². The minimum absolute atomic E-state index is 0.243. The minimum Gasteiger partial charge on any atom is -0.326 e. The molecular weight excluding hydrogens is 228 g/mol. The standard InChI is InChI=1S/C13H14N4O/c1-9-7-15-5-4-11(9)17-13(18)12-3-2-10(6-14)8-16-12/h2-5,7-8H,6,14H2,1H3,(H,15,17,18). The molecule has 0 radical (unpaired) electrons. The normalized spacial score (nSPS) is 10.1. The molecule has 1 amide bonds. The third-order valence-electron chi connectivity index (χ3n) is 2.56. The lowest BCUT2D eigenvalue weighted by Gasteiger charge is -2.07. The van der Waals surface area contributed by atoms with Crippen molar-refractivity contribution in [1.29, 1.82) is 0 Å². The van der Waals surface area contributed by atoms with E-state index in [2.05, 4.69) is 15.3 Å². The van der Waals surface area contributed by atoms with E-state index in [9.17, 15) is 4.79 Å². The molecule has 0 saturated heterocycles. The minimum atomic E-state index is -0.243. The van der Waals surface area contributed by atoms with E-state index in [1.165, 1.54) is 0 Å². The van der Waals surface area contributed by atoms with Crippen LogP contribution >= 0.6 is 0 Å². The number of hydrogen-bond donors (Lipinski definition) is 2. The van der Waals surface area contributed by atoms with Crippen LogP contribution in [0, 0.1) is 6.92 Å². The van der Waals surface area contributed by atoms with Gasteiger partial charge in [0.1, 0.15) is 5.69 Å². The predicted molar refractivity (Wildman–Crippen MR) is 69.1 cm³/mol. The lowest BCUT2D eigenvalue weighted by atomic mass is 10.2. The van der Waals surface area contributed by atoms with Crippen molar-refractivity contribution in [3.63, 3.8) is 0 Å². The highest BCUT2D eigenvalue weighted by Crippen LogP contribution is 2.12. The SMILES string of the molecule is Cc1cnccc1NC(=O)c1ccc(CN)cn1. The fraction of sp³-hybridized carbons (Fsp3) is 0.154. The summed E-state index contributed by atoms with van der Waals surface area (Å²) >= 11 is 0. The molecule has 0 bridgehead atoms. The highest BCUT2D eigenvalue weighted by atomic mass is 16.1. The second-order valence-electron chi connectivity index (χ2n) is 3.90. The lowest BCUT2D eigenvalue weighted by Crippen LogP contribution is -2.14. The Morgan fingerprint density at radius 1 is 1.33 bits per heavy atom. The van der Waals surface area contributed by atoms with Gasteiger partial charge in [-0.2, -0.15) is 0 Å². The summed E-state index contributed by atoms with van der Waals surface area (Å²) in [4.78, 5) is 20.0. The molecule has 92 valence electrons. The van der Waals surface area contributed by atoms with E-state index in [0.717, 1.165) is 16.8 Å². The molecule has 0 aliphatic heterocycles. The van der Waals surface area contributed by atoms with Gasteiger partial charge in [0, 0.05) is 30.8 Å². The molecule has 0 unspecified atom stereocenters. The van der Waals surface area contributed by atoms with Crippen LogP contribution in [-0.2, 0) is 6.54 Å². The van der Waals surface area contributed by atoms with Gasteiger partial charge in [-0.1, -0.05) is 6.07 Å². The molecule has 0 aliphatic rings. The number of nitrogens with one attached hydrogen (secondary N) is 1. The Hall–Kier alpha value is -2.27. The zero-order chi connectivity index (χ0) is 13.0. The maximum Gasteiger partial charge on any atom is 0.274 e. The number of carbonyl (C=O) groups excluding carboxylic acids is 1. The third kappa shape index (κ3) is 2.70. The van der Waals surface area contributed by atoms with Crippen LogP contribution < -0.4 is 11.1 Å². The molecule has 2 aromatic heterocycles. The molecule has 3 N–H and O–H groups in total. The number of hydrogen-bond acceptors (Lipinski definition) is 4. The number of rotatable bonds is 3. The zero-order valence-electron chi connectivity index (χ0n) is 10.1. The molecule has 0 aliphatic carbocycles. The topological polar surface area (TPSA) is 80.9 Å². The van der Waals surface area contributed by atoms with Crippen LogP contribution in [0.3, 0.4) is 0 Å². The molecule has 5 nitrogen and oxygen atoms in total. The molecule has 2 rings (SSSR count). The molecule has 18 heavy (non-hydrogen) atoms. The Kier molecular flexibility index (Phi) is 3.64. The number of pyridine rings is 2. The largest absolute Gasteiger partial charge is 0.326 e. The Balaban J connectivity index is 2.14. The smallest absolute Gasteiger partial charge is 0.274 e. The number of amides is 1. The highest BCUT2D eigenvalue weighted by Gasteiger charge is 2.08. The molecule has 0 aromatic carbocycles. The van der Waals surface area contributed by atoms with Gasteiger partial charge in [0.25, 0.3) is 5.91 Å². The van der Waals surface area contributed by atoms with Crippen molar-refractivity contribution >= 4 is 11.6 Å². The zero-order valence-corrected chi connectivity index (χ0v) is 10.1. The first-order valence-corrected chi connectivity index (χ1v) is 5.57. The van der Waals surface area contributed by atoms with E-state index in [-0.39, 0.29) is 5.91 Å². The van der Waals surface area contributed by atoms with Crippen molar-refractivity contribution < 1.29 is 4.79 Å². The maximum atomic E-state index is 11.9. The summed E-state index contributed by atoms with van der Waals surface area (Å²) in [7, 11) is 0. The van der Waals surface area contributed by atoms with Gasteiger partial charge in [0.15, 0.2) is 0 Å². The van der Waals surface area contributed by atoms with Crippen molar-refractivity contribution in [2.75, 3.05) is 5.32 Å². The number of nitrogens with two attached hydrogens (primary N) is 1. The van der Waals surface area contributed by atoms with E-state index < -0.39 is 0 Å². The number of aromatic nitrogens is 2. The first kappa shape index (κ1) is 12.2. The molecule has 0 spiro atoms. The lowest BCUT2D eigenvalue weighted by molar-refractivity contribution is 0.102. The summed E-state index contributed by atoms with van der Waals surface area (Å²) in [6, 6.07) is 5.21. The van der Waals surface area contributed by atoms with Gasteiger partial charge in [-0.3, -0.25) is 14.8 Å². The highest BCUT2D eigenvalue weighted by molar-refractivity contribution is 6.03. The predicted octanol–water partition coefficient (Wildman–Crippen LogP) is 1.50. The van der Waals surface area contributed by atoms with Crippen molar-refractivity contribution in [2.24, 2.45) is 5.73 Å². The number of carbonyl (C=O) groups is 1. The molecule has 2 heterocycles. The fourth-order valence-electron chi connectivity index (χ4n) is 1.48.